The lowest BCUT2D eigenvalue weighted by Crippen LogP contribution is -2.59. The molecule has 2 aromatic heterocycles. The first-order valence-corrected chi connectivity index (χ1v) is 19.7. The van der Waals surface area contributed by atoms with Crippen molar-refractivity contribution in [2.24, 2.45) is 13.0 Å². The largest absolute Gasteiger partial charge is 0.506 e. The Kier molecular flexibility index (Phi) is 12.2. The van der Waals surface area contributed by atoms with Crippen molar-refractivity contribution >= 4 is 22.9 Å². The van der Waals surface area contributed by atoms with E-state index in [1.54, 1.807) is 39.7 Å². The highest BCUT2D eigenvalue weighted by atomic mass is 16.5. The Bertz CT molecular complexity index is 2230. The molecule has 2 bridgehead atoms. The van der Waals surface area contributed by atoms with Gasteiger partial charge in [0.2, 0.25) is 5.56 Å². The summed E-state index contributed by atoms with van der Waals surface area (Å²) in [6.07, 6.45) is 0.827. The number of aliphatic hydroxyl groups is 1. The zero-order chi connectivity index (χ0) is 40.1. The van der Waals surface area contributed by atoms with Crippen LogP contribution in [-0.4, -0.2) is 109 Å². The number of amides is 2. The first-order chi connectivity index (χ1) is 27.6. The van der Waals surface area contributed by atoms with E-state index in [9.17, 15) is 29.7 Å². The number of aryl methyl sites for hydroxylation is 1. The molecule has 5 aromatic rings. The maximum absolute atomic E-state index is 13.5. The molecule has 0 aliphatic carbocycles. The van der Waals surface area contributed by atoms with E-state index in [4.69, 9.17) is 4.74 Å². The SMILES string of the molecule is CCN(CCCNC[C@@H](O)c1ccc(O)c2[nH]c(=O)ccc12)C(=O)c1cc(COc2cccc(C(c3ccccc3)N(C(=O)O)[C@H]3CN4CCC3CC4)c2)n(C)n1. The number of nitrogens with zero attached hydrogens (tertiary/aromatic N) is 5. The number of aliphatic hydroxyl groups excluding tert-OH is 1. The third kappa shape index (κ3) is 8.83. The summed E-state index contributed by atoms with van der Waals surface area (Å²) in [6.45, 7) is 6.60. The zero-order valence-corrected chi connectivity index (χ0v) is 32.4. The molecule has 0 radical (unpaired) electrons. The van der Waals surface area contributed by atoms with Gasteiger partial charge in [-0.15, -0.1) is 0 Å². The summed E-state index contributed by atoms with van der Waals surface area (Å²) >= 11 is 0. The van der Waals surface area contributed by atoms with E-state index < -0.39 is 18.2 Å². The number of aromatic nitrogens is 3. The average Bonchev–Trinajstić information content (AvgIpc) is 3.61. The molecule has 8 rings (SSSR count). The molecule has 14 nitrogen and oxygen atoms in total. The summed E-state index contributed by atoms with van der Waals surface area (Å²) in [6, 6.07) is 24.6. The first kappa shape index (κ1) is 39.5. The minimum atomic E-state index is -0.933. The molecule has 1 unspecified atom stereocenters. The van der Waals surface area contributed by atoms with Crippen molar-refractivity contribution < 1.29 is 29.6 Å². The Hall–Kier alpha value is -5.70. The molecule has 3 aliphatic heterocycles. The van der Waals surface area contributed by atoms with Crippen LogP contribution in [0.15, 0.2) is 89.7 Å². The van der Waals surface area contributed by atoms with Gasteiger partial charge in [-0.05, 0) is 98.8 Å². The van der Waals surface area contributed by atoms with Crippen LogP contribution >= 0.6 is 0 Å². The van der Waals surface area contributed by atoms with E-state index in [0.29, 0.717) is 60.1 Å². The number of aromatic amines is 1. The Balaban J connectivity index is 0.962. The number of hydrogen-bond acceptors (Lipinski definition) is 9. The van der Waals surface area contributed by atoms with Gasteiger partial charge in [0.25, 0.3) is 5.91 Å². The van der Waals surface area contributed by atoms with Gasteiger partial charge in [-0.25, -0.2) is 4.79 Å². The van der Waals surface area contributed by atoms with Crippen LogP contribution in [0.1, 0.15) is 71.2 Å². The molecular formula is C43H51N7O7. The zero-order valence-electron chi connectivity index (χ0n) is 32.4. The molecule has 57 heavy (non-hydrogen) atoms. The van der Waals surface area contributed by atoms with Gasteiger partial charge in [-0.3, -0.25) is 19.2 Å². The first-order valence-electron chi connectivity index (χ1n) is 19.7. The number of ether oxygens (including phenoxy) is 1. The molecule has 3 fully saturated rings. The normalized spacial score (nSPS) is 18.6. The molecule has 3 saturated heterocycles. The van der Waals surface area contributed by atoms with Crippen LogP contribution in [0.2, 0.25) is 0 Å². The second-order valence-corrected chi connectivity index (χ2v) is 15.0. The van der Waals surface area contributed by atoms with Crippen LogP contribution in [0.4, 0.5) is 4.79 Å². The predicted molar refractivity (Wildman–Crippen MR) is 215 cm³/mol. The molecule has 5 N–H and O–H groups in total. The second kappa shape index (κ2) is 17.6. The molecule has 0 spiro atoms. The highest BCUT2D eigenvalue weighted by molar-refractivity contribution is 5.92. The highest BCUT2D eigenvalue weighted by Gasteiger charge is 2.43. The maximum Gasteiger partial charge on any atom is 0.408 e. The van der Waals surface area contributed by atoms with E-state index >= 15 is 0 Å². The molecule has 2 amide bonds. The number of carbonyl (C=O) groups is 2. The minimum absolute atomic E-state index is 0.0634. The molecule has 3 atom stereocenters. The van der Waals surface area contributed by atoms with Crippen LogP contribution < -0.4 is 15.6 Å². The smallest absolute Gasteiger partial charge is 0.408 e. The lowest BCUT2D eigenvalue weighted by Gasteiger charge is -2.50. The van der Waals surface area contributed by atoms with Crippen LogP contribution in [0.5, 0.6) is 11.5 Å². The summed E-state index contributed by atoms with van der Waals surface area (Å²) in [7, 11) is 1.77. The van der Waals surface area contributed by atoms with E-state index in [1.807, 2.05) is 61.5 Å². The summed E-state index contributed by atoms with van der Waals surface area (Å²) in [4.78, 5) is 46.7. The van der Waals surface area contributed by atoms with E-state index in [1.165, 1.54) is 12.1 Å². The van der Waals surface area contributed by atoms with E-state index in [0.717, 1.165) is 43.6 Å². The van der Waals surface area contributed by atoms with Crippen molar-refractivity contribution in [2.45, 2.75) is 51.0 Å². The monoisotopic (exact) mass is 777 g/mol. The molecule has 3 aliphatic rings. The molecule has 0 saturated carbocycles. The van der Waals surface area contributed by atoms with Crippen LogP contribution in [0.3, 0.4) is 0 Å². The van der Waals surface area contributed by atoms with Gasteiger partial charge in [0.05, 0.1) is 29.4 Å². The van der Waals surface area contributed by atoms with Gasteiger partial charge >= 0.3 is 6.09 Å². The number of rotatable bonds is 16. The van der Waals surface area contributed by atoms with Crippen LogP contribution in [-0.2, 0) is 13.7 Å². The van der Waals surface area contributed by atoms with E-state index in [2.05, 4.69) is 20.3 Å². The fourth-order valence-electron chi connectivity index (χ4n) is 8.38. The van der Waals surface area contributed by atoms with Crippen LogP contribution in [0.25, 0.3) is 10.9 Å². The topological polar surface area (TPSA) is 176 Å². The van der Waals surface area contributed by atoms with Gasteiger partial charge in [0, 0.05) is 44.7 Å². The number of hydrogen-bond donors (Lipinski definition) is 5. The number of phenols is 1. The van der Waals surface area contributed by atoms with Crippen molar-refractivity contribution in [3.63, 3.8) is 0 Å². The number of aromatic hydroxyl groups is 1. The fourth-order valence-corrected chi connectivity index (χ4v) is 8.38. The van der Waals surface area contributed by atoms with Gasteiger partial charge in [-0.2, -0.15) is 5.10 Å². The lowest BCUT2D eigenvalue weighted by atomic mass is 9.81. The fraction of sp³-hybridized carbons (Fsp3) is 0.395. The van der Waals surface area contributed by atoms with Crippen molar-refractivity contribution in [2.75, 3.05) is 45.8 Å². The molecule has 5 heterocycles. The Morgan fingerprint density at radius 2 is 1.79 bits per heavy atom. The second-order valence-electron chi connectivity index (χ2n) is 15.0. The summed E-state index contributed by atoms with van der Waals surface area (Å²) in [5, 5.41) is 40.0. The number of benzene rings is 3. The third-order valence-electron chi connectivity index (χ3n) is 11.4. The number of carboxylic acid groups (broad SMARTS) is 1. The standard InChI is InChI=1S/C43H51N7O7/c1-3-49(20-8-19-44-25-38(52)33-13-15-37(51)40-34(33)14-16-39(53)45-40)42(54)35-24-31(47(2)46-35)27-57-32-12-7-11-30(23-32)41(29-9-5-4-6-10-29)50(43(55)56)36-26-48-21-17-28(36)18-22-48/h4-7,9-16,23-24,28,36,38,41,44,51-52H,3,8,17-22,25-27H2,1-2H3,(H,45,53)(H,55,56)/t36-,38+,41?/m0/s1. The molecular weight excluding hydrogens is 727 g/mol. The van der Waals surface area contributed by atoms with Gasteiger partial charge in [-0.1, -0.05) is 48.5 Å². The van der Waals surface area contributed by atoms with Gasteiger partial charge < -0.3 is 40.2 Å². The molecule has 300 valence electrons. The van der Waals surface area contributed by atoms with Gasteiger partial charge in [0.15, 0.2) is 5.69 Å². The molecule has 14 heteroatoms. The Morgan fingerprint density at radius 3 is 2.51 bits per heavy atom. The van der Waals surface area contributed by atoms with Crippen molar-refractivity contribution in [3.8, 4) is 11.5 Å². The quantitative estimate of drug-likeness (QED) is 0.0868. The lowest BCUT2D eigenvalue weighted by molar-refractivity contribution is -0.000815. The number of fused-ring (bicyclic) bond motifs is 4. The number of piperidine rings is 3. The number of H-pyrrole nitrogens is 1. The molecule has 3 aromatic carbocycles. The van der Waals surface area contributed by atoms with Gasteiger partial charge in [0.1, 0.15) is 18.1 Å². The van der Waals surface area contributed by atoms with Crippen molar-refractivity contribution in [1.82, 2.24) is 34.8 Å². The van der Waals surface area contributed by atoms with Crippen LogP contribution in [0, 0.1) is 5.92 Å². The van der Waals surface area contributed by atoms with Crippen molar-refractivity contribution in [1.29, 1.82) is 0 Å². The average molecular weight is 778 g/mol. The van der Waals surface area contributed by atoms with E-state index in [-0.39, 0.29) is 41.9 Å². The number of pyridine rings is 1. The number of nitrogens with one attached hydrogen (secondary N) is 2. The predicted octanol–water partition coefficient (Wildman–Crippen LogP) is 4.89. The Morgan fingerprint density at radius 1 is 1.02 bits per heavy atom. The summed E-state index contributed by atoms with van der Waals surface area (Å²) in [5.41, 5.74) is 3.28. The highest BCUT2D eigenvalue weighted by Crippen LogP contribution is 2.39. The number of phenolic OH excluding ortho intramolecular Hbond substituents is 1. The summed E-state index contributed by atoms with van der Waals surface area (Å²) in [5.74, 6) is 0.653. The summed E-state index contributed by atoms with van der Waals surface area (Å²) < 4.78 is 7.92. The Labute approximate surface area is 331 Å². The maximum atomic E-state index is 13.5. The number of carbonyl (C=O) groups excluding carboxylic acids is 1. The van der Waals surface area contributed by atoms with Crippen molar-refractivity contribution in [3.05, 3.63) is 123 Å². The third-order valence-corrected chi connectivity index (χ3v) is 11.4. The minimum Gasteiger partial charge on any atom is -0.506 e.